The van der Waals surface area contributed by atoms with Crippen molar-refractivity contribution in [2.24, 2.45) is 5.73 Å². The molecule has 0 aliphatic rings. The minimum absolute atomic E-state index is 0.118. The molecule has 0 saturated carbocycles. The Hall–Kier alpha value is -1.40. The van der Waals surface area contributed by atoms with E-state index in [-0.39, 0.29) is 30.8 Å². The lowest BCUT2D eigenvalue weighted by molar-refractivity contribution is -0.119. The fourth-order valence-corrected chi connectivity index (χ4v) is 1.78. The molecule has 1 atom stereocenters. The Morgan fingerprint density at radius 3 is 2.67 bits per heavy atom. The topological polar surface area (TPSA) is 84.2 Å². The van der Waals surface area contributed by atoms with Gasteiger partial charge in [0.15, 0.2) is 0 Å². The van der Waals surface area contributed by atoms with E-state index in [2.05, 4.69) is 26.6 Å². The molecule has 18 heavy (non-hydrogen) atoms. The van der Waals surface area contributed by atoms with Gasteiger partial charge in [0.1, 0.15) is 0 Å². The molecule has 1 unspecified atom stereocenters. The molecule has 0 aliphatic carbocycles. The lowest BCUT2D eigenvalue weighted by atomic mass is 10.2. The van der Waals surface area contributed by atoms with Crippen LogP contribution in [0.1, 0.15) is 13.3 Å². The van der Waals surface area contributed by atoms with Crippen LogP contribution in [0.15, 0.2) is 28.7 Å². The first-order valence-corrected chi connectivity index (χ1v) is 6.34. The van der Waals surface area contributed by atoms with E-state index >= 15 is 0 Å². The second-order valence-electron chi connectivity index (χ2n) is 3.98. The van der Waals surface area contributed by atoms with Gasteiger partial charge >= 0.3 is 0 Å². The van der Waals surface area contributed by atoms with Gasteiger partial charge in [-0.05, 0) is 35.0 Å². The molecule has 0 fully saturated rings. The Balaban J connectivity index is 2.39. The average molecular weight is 314 g/mol. The van der Waals surface area contributed by atoms with E-state index in [9.17, 15) is 9.59 Å². The number of benzene rings is 1. The van der Waals surface area contributed by atoms with Crippen molar-refractivity contribution in [1.82, 2.24) is 5.32 Å². The highest BCUT2D eigenvalue weighted by Crippen LogP contribution is 2.20. The summed E-state index contributed by atoms with van der Waals surface area (Å²) >= 11 is 3.34. The van der Waals surface area contributed by atoms with Crippen molar-refractivity contribution < 1.29 is 9.59 Å². The maximum absolute atomic E-state index is 11.6. The molecule has 0 saturated heterocycles. The lowest BCUT2D eigenvalue weighted by Gasteiger charge is -2.12. The number of carbonyl (C=O) groups excluding carboxylic acids is 2. The van der Waals surface area contributed by atoms with Crippen molar-refractivity contribution in [3.63, 3.8) is 0 Å². The summed E-state index contributed by atoms with van der Waals surface area (Å²) in [6.07, 6.45) is 0.211. The third-order valence-corrected chi connectivity index (χ3v) is 2.96. The average Bonchev–Trinajstić information content (AvgIpc) is 2.29. The summed E-state index contributed by atoms with van der Waals surface area (Å²) in [5.41, 5.74) is 5.77. The van der Waals surface area contributed by atoms with Crippen molar-refractivity contribution >= 4 is 33.4 Å². The Labute approximate surface area is 114 Å². The van der Waals surface area contributed by atoms with Crippen molar-refractivity contribution in [1.29, 1.82) is 0 Å². The van der Waals surface area contributed by atoms with Crippen LogP contribution in [0.3, 0.4) is 0 Å². The molecule has 5 nitrogen and oxygen atoms in total. The van der Waals surface area contributed by atoms with E-state index in [0.29, 0.717) is 5.69 Å². The molecule has 0 radical (unpaired) electrons. The monoisotopic (exact) mass is 313 g/mol. The minimum Gasteiger partial charge on any atom is -0.370 e. The molecular weight excluding hydrogens is 298 g/mol. The number of carbonyl (C=O) groups is 2. The molecular formula is C12H16BrN3O2. The highest BCUT2D eigenvalue weighted by molar-refractivity contribution is 9.10. The zero-order valence-corrected chi connectivity index (χ0v) is 11.7. The summed E-state index contributed by atoms with van der Waals surface area (Å²) < 4.78 is 0.823. The van der Waals surface area contributed by atoms with E-state index < -0.39 is 0 Å². The summed E-state index contributed by atoms with van der Waals surface area (Å²) in [7, 11) is 0. The maximum atomic E-state index is 11.6. The molecule has 0 aliphatic heterocycles. The van der Waals surface area contributed by atoms with Crippen molar-refractivity contribution in [2.75, 3.05) is 11.9 Å². The number of hydrogen-bond acceptors (Lipinski definition) is 3. The van der Waals surface area contributed by atoms with Crippen LogP contribution in [0.4, 0.5) is 5.69 Å². The molecule has 2 amide bonds. The van der Waals surface area contributed by atoms with Crippen molar-refractivity contribution in [2.45, 2.75) is 19.4 Å². The van der Waals surface area contributed by atoms with Gasteiger partial charge in [-0.2, -0.15) is 0 Å². The standard InChI is InChI=1S/C12H16BrN3O2/c1-8(6-11(14)17)15-7-12(18)16-10-5-3-2-4-9(10)13/h2-5,8,15H,6-7H2,1H3,(H2,14,17)(H,16,18). The quantitative estimate of drug-likeness (QED) is 0.738. The first-order chi connectivity index (χ1) is 8.49. The van der Waals surface area contributed by atoms with Gasteiger partial charge in [0.25, 0.3) is 0 Å². The highest BCUT2D eigenvalue weighted by Gasteiger charge is 2.09. The Morgan fingerprint density at radius 1 is 1.39 bits per heavy atom. The van der Waals surface area contributed by atoms with Gasteiger partial charge in [0.05, 0.1) is 12.2 Å². The number of amides is 2. The normalized spacial score (nSPS) is 11.9. The zero-order valence-electron chi connectivity index (χ0n) is 10.1. The molecule has 98 valence electrons. The second-order valence-corrected chi connectivity index (χ2v) is 4.83. The first kappa shape index (κ1) is 14.7. The molecule has 0 aromatic heterocycles. The van der Waals surface area contributed by atoms with E-state index in [1.807, 2.05) is 18.2 Å². The predicted molar refractivity (Wildman–Crippen MR) is 74.0 cm³/mol. The van der Waals surface area contributed by atoms with Crippen molar-refractivity contribution in [3.8, 4) is 0 Å². The summed E-state index contributed by atoms with van der Waals surface area (Å²) in [5, 5.41) is 5.68. The molecule has 0 spiro atoms. The number of para-hydroxylation sites is 1. The number of rotatable bonds is 6. The number of nitrogens with one attached hydrogen (secondary N) is 2. The highest BCUT2D eigenvalue weighted by atomic mass is 79.9. The third kappa shape index (κ3) is 5.29. The largest absolute Gasteiger partial charge is 0.370 e. The van der Waals surface area contributed by atoms with Gasteiger partial charge in [0, 0.05) is 16.9 Å². The van der Waals surface area contributed by atoms with Crippen LogP contribution in [0.25, 0.3) is 0 Å². The minimum atomic E-state index is -0.388. The fourth-order valence-electron chi connectivity index (χ4n) is 1.40. The summed E-state index contributed by atoms with van der Waals surface area (Å²) in [6, 6.07) is 7.23. The van der Waals surface area contributed by atoms with Crippen LogP contribution in [0.5, 0.6) is 0 Å². The second kappa shape index (κ2) is 7.13. The van der Waals surface area contributed by atoms with E-state index in [4.69, 9.17) is 5.73 Å². The maximum Gasteiger partial charge on any atom is 0.238 e. The van der Waals surface area contributed by atoms with Crippen LogP contribution < -0.4 is 16.4 Å². The molecule has 0 bridgehead atoms. The van der Waals surface area contributed by atoms with E-state index in [0.717, 1.165) is 4.47 Å². The fraction of sp³-hybridized carbons (Fsp3) is 0.333. The van der Waals surface area contributed by atoms with Gasteiger partial charge in [-0.25, -0.2) is 0 Å². The van der Waals surface area contributed by atoms with E-state index in [1.165, 1.54) is 0 Å². The predicted octanol–water partition coefficient (Wildman–Crippen LogP) is 1.24. The smallest absolute Gasteiger partial charge is 0.238 e. The molecule has 1 aromatic carbocycles. The van der Waals surface area contributed by atoms with Crippen LogP contribution in [-0.2, 0) is 9.59 Å². The van der Waals surface area contributed by atoms with Crippen LogP contribution in [0.2, 0.25) is 0 Å². The van der Waals surface area contributed by atoms with Crippen LogP contribution >= 0.6 is 15.9 Å². The Kier molecular flexibility index (Phi) is 5.80. The van der Waals surface area contributed by atoms with Crippen LogP contribution in [0, 0.1) is 0 Å². The lowest BCUT2D eigenvalue weighted by Crippen LogP contribution is -2.36. The number of primary amides is 1. The van der Waals surface area contributed by atoms with Crippen LogP contribution in [-0.4, -0.2) is 24.4 Å². The van der Waals surface area contributed by atoms with Crippen molar-refractivity contribution in [3.05, 3.63) is 28.7 Å². The van der Waals surface area contributed by atoms with E-state index in [1.54, 1.807) is 13.0 Å². The molecule has 4 N–H and O–H groups in total. The number of halogens is 1. The first-order valence-electron chi connectivity index (χ1n) is 5.55. The summed E-state index contributed by atoms with van der Waals surface area (Å²) in [5.74, 6) is -0.556. The third-order valence-electron chi connectivity index (χ3n) is 2.27. The SMILES string of the molecule is CC(CC(N)=O)NCC(=O)Nc1ccccc1Br. The number of nitrogens with two attached hydrogens (primary N) is 1. The summed E-state index contributed by atoms with van der Waals surface area (Å²) in [6.45, 7) is 1.94. The van der Waals surface area contributed by atoms with Gasteiger partial charge < -0.3 is 16.4 Å². The summed E-state index contributed by atoms with van der Waals surface area (Å²) in [4.78, 5) is 22.3. The number of hydrogen-bond donors (Lipinski definition) is 3. The molecule has 6 heteroatoms. The number of anilines is 1. The molecule has 1 rings (SSSR count). The molecule has 1 aromatic rings. The van der Waals surface area contributed by atoms with Gasteiger partial charge in [-0.1, -0.05) is 12.1 Å². The Morgan fingerprint density at radius 2 is 2.06 bits per heavy atom. The van der Waals surface area contributed by atoms with Gasteiger partial charge in [0.2, 0.25) is 11.8 Å². The zero-order chi connectivity index (χ0) is 13.5. The molecule has 0 heterocycles. The van der Waals surface area contributed by atoms with Gasteiger partial charge in [-0.3, -0.25) is 9.59 Å². The van der Waals surface area contributed by atoms with Gasteiger partial charge in [-0.15, -0.1) is 0 Å². The Bertz CT molecular complexity index is 437.